The molecule has 20 heavy (non-hydrogen) atoms. The van der Waals surface area contributed by atoms with Crippen LogP contribution in [0.3, 0.4) is 0 Å². The minimum Gasteiger partial charge on any atom is -0.506 e. The third-order valence-electron chi connectivity index (χ3n) is 2.49. The smallest absolute Gasteiger partial charge is 0.184 e. The summed E-state index contributed by atoms with van der Waals surface area (Å²) >= 11 is 17.2. The Morgan fingerprint density at radius 3 is 2.40 bits per heavy atom. The first-order valence-electron chi connectivity index (χ1n) is 5.31. The van der Waals surface area contributed by atoms with Gasteiger partial charge in [-0.3, -0.25) is 4.98 Å². The van der Waals surface area contributed by atoms with Crippen molar-refractivity contribution in [1.82, 2.24) is 4.98 Å². The first-order valence-corrected chi connectivity index (χ1v) is 8.09. The zero-order chi connectivity index (χ0) is 14.9. The Bertz CT molecular complexity index is 763. The van der Waals surface area contributed by atoms with Gasteiger partial charge in [-0.05, 0) is 18.2 Å². The van der Waals surface area contributed by atoms with Crippen molar-refractivity contribution in [3.63, 3.8) is 0 Å². The number of hydrogen-bond donors (Lipinski definition) is 1. The van der Waals surface area contributed by atoms with Crippen molar-refractivity contribution in [3.8, 4) is 5.75 Å². The molecule has 106 valence electrons. The molecule has 0 radical (unpaired) electrons. The fourth-order valence-corrected chi connectivity index (χ4v) is 3.34. The number of halogens is 3. The number of sulfone groups is 1. The Hall–Kier alpha value is -1.01. The van der Waals surface area contributed by atoms with Gasteiger partial charge in [0, 0.05) is 12.3 Å². The number of aromatic nitrogens is 1. The maximum Gasteiger partial charge on any atom is 0.184 e. The van der Waals surface area contributed by atoms with Crippen molar-refractivity contribution >= 4 is 44.6 Å². The Morgan fingerprint density at radius 2 is 1.80 bits per heavy atom. The van der Waals surface area contributed by atoms with Crippen LogP contribution in [0.4, 0.5) is 0 Å². The lowest BCUT2D eigenvalue weighted by atomic mass is 10.3. The first-order chi connectivity index (χ1) is 9.29. The summed E-state index contributed by atoms with van der Waals surface area (Å²) in [5.41, 5.74) is 0.0143. The van der Waals surface area contributed by atoms with E-state index in [1.807, 2.05) is 0 Å². The molecule has 0 aliphatic carbocycles. The number of hydrogen-bond acceptors (Lipinski definition) is 4. The van der Waals surface area contributed by atoms with Crippen LogP contribution >= 0.6 is 34.8 Å². The Morgan fingerprint density at radius 1 is 1.10 bits per heavy atom. The van der Waals surface area contributed by atoms with E-state index >= 15 is 0 Å². The van der Waals surface area contributed by atoms with Gasteiger partial charge in [-0.2, -0.15) is 0 Å². The van der Waals surface area contributed by atoms with Gasteiger partial charge in [0.1, 0.15) is 11.5 Å². The molecule has 0 spiro atoms. The van der Waals surface area contributed by atoms with Crippen LogP contribution in [0.25, 0.3) is 0 Å². The molecule has 1 aromatic carbocycles. The zero-order valence-corrected chi connectivity index (χ0v) is 12.9. The first kappa shape index (κ1) is 15.4. The molecule has 1 aromatic heterocycles. The van der Waals surface area contributed by atoms with Crippen LogP contribution in [0.2, 0.25) is 15.1 Å². The molecule has 0 aliphatic heterocycles. The van der Waals surface area contributed by atoms with Gasteiger partial charge >= 0.3 is 0 Å². The summed E-state index contributed by atoms with van der Waals surface area (Å²) in [4.78, 5) is 3.81. The molecule has 4 nitrogen and oxygen atoms in total. The fraction of sp³-hybridized carbons (Fsp3) is 0.0833. The molecule has 2 aromatic rings. The third kappa shape index (κ3) is 3.35. The van der Waals surface area contributed by atoms with Gasteiger partial charge in [0.05, 0.1) is 25.7 Å². The summed E-state index contributed by atoms with van der Waals surface area (Å²) in [5, 5.41) is 10.3. The highest BCUT2D eigenvalue weighted by molar-refractivity contribution is 7.90. The lowest BCUT2D eigenvalue weighted by molar-refractivity contribution is 0.466. The average molecular weight is 353 g/mol. The third-order valence-corrected chi connectivity index (χ3v) is 5.06. The van der Waals surface area contributed by atoms with Crippen LogP contribution in [0.15, 0.2) is 35.4 Å². The summed E-state index contributed by atoms with van der Waals surface area (Å²) in [6.07, 6.45) is 1.26. The molecular formula is C12H8Cl3NO3S. The van der Waals surface area contributed by atoms with Gasteiger partial charge in [0.25, 0.3) is 0 Å². The minimum absolute atomic E-state index is 0.00282. The summed E-state index contributed by atoms with van der Waals surface area (Å²) in [5.74, 6) is -0.741. The standard InChI is InChI=1S/C12H8Cl3NO3S/c13-7-3-12(17)11(16-5-7)6-20(18,19)8-1-2-9(14)10(15)4-8/h1-5,17H,6H2. The lowest BCUT2D eigenvalue weighted by Crippen LogP contribution is -2.06. The van der Waals surface area contributed by atoms with Crippen molar-refractivity contribution < 1.29 is 13.5 Å². The van der Waals surface area contributed by atoms with Crippen molar-refractivity contribution in [1.29, 1.82) is 0 Å². The van der Waals surface area contributed by atoms with Crippen LogP contribution in [-0.4, -0.2) is 18.5 Å². The van der Waals surface area contributed by atoms with Gasteiger partial charge in [0.2, 0.25) is 0 Å². The average Bonchev–Trinajstić information content (AvgIpc) is 2.36. The van der Waals surface area contributed by atoms with Crippen LogP contribution in [0, 0.1) is 0 Å². The molecule has 1 heterocycles. The summed E-state index contributed by atoms with van der Waals surface area (Å²) in [7, 11) is -3.70. The molecular weight excluding hydrogens is 345 g/mol. The SMILES string of the molecule is O=S(=O)(Cc1ncc(Cl)cc1O)c1ccc(Cl)c(Cl)c1. The molecule has 0 aliphatic rings. The molecule has 0 saturated carbocycles. The van der Waals surface area contributed by atoms with E-state index in [0.717, 1.165) is 0 Å². The number of pyridine rings is 1. The van der Waals surface area contributed by atoms with E-state index < -0.39 is 15.6 Å². The van der Waals surface area contributed by atoms with Crippen molar-refractivity contribution in [3.05, 3.63) is 51.2 Å². The van der Waals surface area contributed by atoms with E-state index in [1.54, 1.807) is 0 Å². The van der Waals surface area contributed by atoms with Crippen LogP contribution < -0.4 is 0 Å². The molecule has 1 N–H and O–H groups in total. The molecule has 0 unspecified atom stereocenters. The zero-order valence-electron chi connectivity index (χ0n) is 9.85. The molecule has 0 amide bonds. The van der Waals surface area contributed by atoms with E-state index in [-0.39, 0.29) is 31.4 Å². The predicted molar refractivity (Wildman–Crippen MR) is 78.3 cm³/mol. The molecule has 0 saturated heterocycles. The highest BCUT2D eigenvalue weighted by Gasteiger charge is 2.19. The van der Waals surface area contributed by atoms with Crippen molar-refractivity contribution in [2.75, 3.05) is 0 Å². The highest BCUT2D eigenvalue weighted by Crippen LogP contribution is 2.28. The molecule has 8 heteroatoms. The second kappa shape index (κ2) is 5.77. The molecule has 0 atom stereocenters. The van der Waals surface area contributed by atoms with Crippen LogP contribution in [0.5, 0.6) is 5.75 Å². The van der Waals surface area contributed by atoms with Crippen molar-refractivity contribution in [2.24, 2.45) is 0 Å². The quantitative estimate of drug-likeness (QED) is 0.914. The minimum atomic E-state index is -3.70. The fourth-order valence-electron chi connectivity index (χ4n) is 1.50. The van der Waals surface area contributed by atoms with Gasteiger partial charge in [-0.15, -0.1) is 0 Å². The van der Waals surface area contributed by atoms with E-state index in [4.69, 9.17) is 34.8 Å². The summed E-state index contributed by atoms with van der Waals surface area (Å²) < 4.78 is 24.4. The Kier molecular flexibility index (Phi) is 4.44. The van der Waals surface area contributed by atoms with E-state index in [1.165, 1.54) is 30.5 Å². The monoisotopic (exact) mass is 351 g/mol. The van der Waals surface area contributed by atoms with Crippen LogP contribution in [-0.2, 0) is 15.6 Å². The second-order valence-electron chi connectivity index (χ2n) is 3.95. The van der Waals surface area contributed by atoms with Crippen molar-refractivity contribution in [2.45, 2.75) is 10.6 Å². The van der Waals surface area contributed by atoms with Crippen LogP contribution in [0.1, 0.15) is 5.69 Å². The summed E-state index contributed by atoms with van der Waals surface area (Å²) in [6.45, 7) is 0. The number of aromatic hydroxyl groups is 1. The maximum absolute atomic E-state index is 12.2. The highest BCUT2D eigenvalue weighted by atomic mass is 35.5. The Balaban J connectivity index is 2.38. The number of rotatable bonds is 3. The van der Waals surface area contributed by atoms with E-state index in [0.29, 0.717) is 0 Å². The largest absolute Gasteiger partial charge is 0.506 e. The van der Waals surface area contributed by atoms with E-state index in [2.05, 4.69) is 4.98 Å². The normalized spacial score (nSPS) is 11.6. The molecule has 0 bridgehead atoms. The Labute approximate surface area is 130 Å². The number of benzene rings is 1. The molecule has 0 fully saturated rings. The number of nitrogens with zero attached hydrogens (tertiary/aromatic N) is 1. The maximum atomic E-state index is 12.2. The van der Waals surface area contributed by atoms with Gasteiger partial charge < -0.3 is 5.11 Å². The lowest BCUT2D eigenvalue weighted by Gasteiger charge is -2.07. The summed E-state index contributed by atoms with van der Waals surface area (Å²) in [6, 6.07) is 5.23. The topological polar surface area (TPSA) is 67.3 Å². The second-order valence-corrected chi connectivity index (χ2v) is 7.19. The van der Waals surface area contributed by atoms with E-state index in [9.17, 15) is 13.5 Å². The van der Waals surface area contributed by atoms with Gasteiger partial charge in [-0.25, -0.2) is 8.42 Å². The predicted octanol–water partition coefficient (Wildman–Crippen LogP) is 3.72. The molecule has 2 rings (SSSR count). The van der Waals surface area contributed by atoms with Gasteiger partial charge in [0.15, 0.2) is 9.84 Å². The van der Waals surface area contributed by atoms with Gasteiger partial charge in [-0.1, -0.05) is 34.8 Å².